The molecule has 68 valence electrons. The number of fused-ring (bicyclic) bond motifs is 4. The minimum absolute atomic E-state index is 0.443. The molecule has 2 saturated heterocycles. The first-order valence-corrected chi connectivity index (χ1v) is 4.66. The Morgan fingerprint density at radius 2 is 1.50 bits per heavy atom. The zero-order valence-corrected chi connectivity index (χ0v) is 7.79. The van der Waals surface area contributed by atoms with Crippen LogP contribution in [0, 0.1) is 0 Å². The fourth-order valence-corrected chi connectivity index (χ4v) is 2.35. The fourth-order valence-electron chi connectivity index (χ4n) is 2.35. The first-order chi connectivity index (χ1) is 5.68. The Kier molecular flexibility index (Phi) is 1.93. The molecular weight excluding hydrogens is 152 g/mol. The van der Waals surface area contributed by atoms with Crippen molar-refractivity contribution in [1.82, 2.24) is 10.0 Å². The highest BCUT2D eigenvalue weighted by Gasteiger charge is 2.36. The quantitative estimate of drug-likeness (QED) is 0.531. The van der Waals surface area contributed by atoms with Crippen LogP contribution >= 0.6 is 0 Å². The Hall–Kier alpha value is -0.410. The molecule has 0 N–H and O–H groups in total. The van der Waals surface area contributed by atoms with Crippen molar-refractivity contribution in [3.63, 3.8) is 0 Å². The molecule has 3 fully saturated rings. The Morgan fingerprint density at radius 3 is 1.92 bits per heavy atom. The lowest BCUT2D eigenvalue weighted by Gasteiger charge is -2.41. The average molecular weight is 168 g/mol. The molecule has 1 saturated carbocycles. The lowest BCUT2D eigenvalue weighted by molar-refractivity contribution is -0.119. The summed E-state index contributed by atoms with van der Waals surface area (Å²) in [5.41, 5.74) is 0. The van der Waals surface area contributed by atoms with E-state index in [1.165, 1.54) is 12.8 Å². The smallest absolute Gasteiger partial charge is 0.136 e. The number of Topliss-reactive ketones (excluding diaryl/α,β-unsaturated/α-hetero) is 1. The molecule has 0 aromatic heterocycles. The zero-order chi connectivity index (χ0) is 8.72. The van der Waals surface area contributed by atoms with Crippen LogP contribution in [-0.4, -0.2) is 42.0 Å². The van der Waals surface area contributed by atoms with Gasteiger partial charge in [-0.25, -0.2) is 10.0 Å². The van der Waals surface area contributed by atoms with Crippen molar-refractivity contribution in [2.75, 3.05) is 14.1 Å². The number of carbonyl (C=O) groups is 1. The number of hydrogen-bond acceptors (Lipinski definition) is 3. The van der Waals surface area contributed by atoms with Crippen molar-refractivity contribution in [3.8, 4) is 0 Å². The van der Waals surface area contributed by atoms with E-state index in [4.69, 9.17) is 0 Å². The van der Waals surface area contributed by atoms with E-state index in [9.17, 15) is 4.79 Å². The summed E-state index contributed by atoms with van der Waals surface area (Å²) in [6, 6.07) is 0.947. The first-order valence-electron chi connectivity index (χ1n) is 4.66. The second kappa shape index (κ2) is 2.82. The molecule has 12 heavy (non-hydrogen) atoms. The molecule has 0 aromatic rings. The van der Waals surface area contributed by atoms with Gasteiger partial charge in [0, 0.05) is 39.0 Å². The van der Waals surface area contributed by atoms with Crippen LogP contribution in [-0.2, 0) is 4.79 Å². The van der Waals surface area contributed by atoms with Gasteiger partial charge in [-0.3, -0.25) is 4.79 Å². The molecule has 1 aliphatic carbocycles. The summed E-state index contributed by atoms with van der Waals surface area (Å²) >= 11 is 0. The van der Waals surface area contributed by atoms with Gasteiger partial charge in [-0.05, 0) is 12.8 Å². The van der Waals surface area contributed by atoms with Gasteiger partial charge in [0.25, 0.3) is 0 Å². The molecule has 3 heteroatoms. The summed E-state index contributed by atoms with van der Waals surface area (Å²) in [6.07, 6.45) is 3.91. The lowest BCUT2D eigenvalue weighted by Crippen LogP contribution is -2.51. The number of nitrogens with zero attached hydrogens (tertiary/aromatic N) is 2. The van der Waals surface area contributed by atoms with Gasteiger partial charge in [0.15, 0.2) is 0 Å². The Balaban J connectivity index is 2.22. The molecule has 0 aromatic carbocycles. The fraction of sp³-hybridized carbons (Fsp3) is 0.889. The van der Waals surface area contributed by atoms with Crippen molar-refractivity contribution < 1.29 is 4.79 Å². The van der Waals surface area contributed by atoms with Crippen LogP contribution in [0.15, 0.2) is 0 Å². The molecule has 2 heterocycles. The van der Waals surface area contributed by atoms with E-state index < -0.39 is 0 Å². The molecule has 0 radical (unpaired) electrons. The van der Waals surface area contributed by atoms with Crippen molar-refractivity contribution in [2.45, 2.75) is 37.8 Å². The van der Waals surface area contributed by atoms with E-state index >= 15 is 0 Å². The molecule has 2 unspecified atom stereocenters. The van der Waals surface area contributed by atoms with Gasteiger partial charge < -0.3 is 0 Å². The predicted octanol–water partition coefficient (Wildman–Crippen LogP) is 0.659. The third-order valence-corrected chi connectivity index (χ3v) is 3.31. The number of hydrogen-bond donors (Lipinski definition) is 0. The summed E-state index contributed by atoms with van der Waals surface area (Å²) in [5, 5.41) is 4.47. The molecule has 2 aliphatic heterocycles. The maximum atomic E-state index is 11.4. The maximum Gasteiger partial charge on any atom is 0.136 e. The Bertz CT molecular complexity index is 185. The molecule has 0 amide bonds. The standard InChI is InChI=1S/C9H16N2O/c1-10-7-3-4-8(11(10)2)6-9(12)5-7/h7-8H,3-6H2,1-2H3. The normalized spacial score (nSPS) is 38.7. The molecule has 2 atom stereocenters. The first kappa shape index (κ1) is 8.20. The average Bonchev–Trinajstić information content (AvgIpc) is 2.26. The van der Waals surface area contributed by atoms with Gasteiger partial charge in [0.1, 0.15) is 5.78 Å². The topological polar surface area (TPSA) is 23.6 Å². The molecule has 3 aliphatic rings. The second-order valence-electron chi connectivity index (χ2n) is 3.98. The van der Waals surface area contributed by atoms with Crippen molar-refractivity contribution >= 4 is 5.78 Å². The number of rotatable bonds is 0. The molecule has 2 bridgehead atoms. The van der Waals surface area contributed by atoms with Gasteiger partial charge in [-0.2, -0.15) is 0 Å². The largest absolute Gasteiger partial charge is 0.300 e. The lowest BCUT2D eigenvalue weighted by atomic mass is 10.1. The monoisotopic (exact) mass is 168 g/mol. The van der Waals surface area contributed by atoms with Crippen molar-refractivity contribution in [2.24, 2.45) is 0 Å². The van der Waals surface area contributed by atoms with Crippen molar-refractivity contribution in [3.05, 3.63) is 0 Å². The van der Waals surface area contributed by atoms with E-state index in [1.807, 2.05) is 0 Å². The van der Waals surface area contributed by atoms with Gasteiger partial charge in [-0.1, -0.05) is 0 Å². The van der Waals surface area contributed by atoms with Crippen LogP contribution < -0.4 is 0 Å². The summed E-state index contributed by atoms with van der Waals surface area (Å²) in [5.74, 6) is 0.443. The summed E-state index contributed by atoms with van der Waals surface area (Å²) in [4.78, 5) is 11.4. The highest BCUT2D eigenvalue weighted by Crippen LogP contribution is 2.29. The van der Waals surface area contributed by atoms with Crippen LogP contribution in [0.1, 0.15) is 25.7 Å². The SMILES string of the molecule is CN1C2CCC(CC(=O)C2)N1C. The van der Waals surface area contributed by atoms with Gasteiger partial charge >= 0.3 is 0 Å². The van der Waals surface area contributed by atoms with Crippen LogP contribution in [0.5, 0.6) is 0 Å². The van der Waals surface area contributed by atoms with E-state index in [2.05, 4.69) is 24.1 Å². The van der Waals surface area contributed by atoms with E-state index in [0.717, 1.165) is 12.8 Å². The molecular formula is C9H16N2O. The second-order valence-corrected chi connectivity index (χ2v) is 3.98. The summed E-state index contributed by atoms with van der Waals surface area (Å²) in [7, 11) is 4.19. The van der Waals surface area contributed by atoms with Crippen LogP contribution in [0.2, 0.25) is 0 Å². The molecule has 3 rings (SSSR count). The molecule has 3 nitrogen and oxygen atoms in total. The van der Waals surface area contributed by atoms with Gasteiger partial charge in [0.05, 0.1) is 0 Å². The van der Waals surface area contributed by atoms with E-state index in [1.54, 1.807) is 0 Å². The molecule has 0 spiro atoms. The van der Waals surface area contributed by atoms with E-state index in [-0.39, 0.29) is 0 Å². The van der Waals surface area contributed by atoms with Crippen LogP contribution in [0.4, 0.5) is 0 Å². The van der Waals surface area contributed by atoms with Gasteiger partial charge in [0.2, 0.25) is 0 Å². The highest BCUT2D eigenvalue weighted by atomic mass is 16.1. The highest BCUT2D eigenvalue weighted by molar-refractivity contribution is 5.80. The number of ketones is 1. The minimum atomic E-state index is 0.443. The third kappa shape index (κ3) is 1.17. The summed E-state index contributed by atoms with van der Waals surface area (Å²) < 4.78 is 0. The Morgan fingerprint density at radius 1 is 1.08 bits per heavy atom. The van der Waals surface area contributed by atoms with Gasteiger partial charge in [-0.15, -0.1) is 0 Å². The predicted molar refractivity (Wildman–Crippen MR) is 46.6 cm³/mol. The van der Waals surface area contributed by atoms with Crippen molar-refractivity contribution in [1.29, 1.82) is 0 Å². The van der Waals surface area contributed by atoms with Crippen LogP contribution in [0.25, 0.3) is 0 Å². The Labute approximate surface area is 73.3 Å². The van der Waals surface area contributed by atoms with E-state index in [0.29, 0.717) is 17.9 Å². The summed E-state index contributed by atoms with van der Waals surface area (Å²) in [6.45, 7) is 0. The van der Waals surface area contributed by atoms with Crippen LogP contribution in [0.3, 0.4) is 0 Å². The number of carbonyl (C=O) groups excluding carboxylic acids is 1. The number of hydrazine groups is 1. The maximum absolute atomic E-state index is 11.4. The zero-order valence-electron chi connectivity index (χ0n) is 7.79. The minimum Gasteiger partial charge on any atom is -0.300 e. The third-order valence-electron chi connectivity index (χ3n) is 3.31.